The van der Waals surface area contributed by atoms with Crippen LogP contribution < -0.4 is 11.1 Å². The summed E-state index contributed by atoms with van der Waals surface area (Å²) in [5.74, 6) is 1.71. The molecule has 1 amide bonds. The van der Waals surface area contributed by atoms with E-state index in [0.29, 0.717) is 28.9 Å². The van der Waals surface area contributed by atoms with Gasteiger partial charge in [-0.1, -0.05) is 18.6 Å². The maximum atomic E-state index is 12.9. The lowest BCUT2D eigenvalue weighted by molar-refractivity contribution is -0.121. The molecule has 2 aliphatic carbocycles. The van der Waals surface area contributed by atoms with E-state index in [1.165, 1.54) is 0 Å². The highest BCUT2D eigenvalue weighted by Gasteiger charge is 2.58. The Morgan fingerprint density at radius 3 is 2.92 bits per heavy atom. The van der Waals surface area contributed by atoms with Crippen LogP contribution in [-0.2, 0) is 10.2 Å². The van der Waals surface area contributed by atoms with Crippen molar-refractivity contribution in [3.8, 4) is 17.0 Å². The number of amides is 1. The maximum absolute atomic E-state index is 12.9. The highest BCUT2D eigenvalue weighted by molar-refractivity contribution is 6.05. The maximum Gasteiger partial charge on any atom is 0.236 e. The fourth-order valence-corrected chi connectivity index (χ4v) is 4.78. The van der Waals surface area contributed by atoms with Gasteiger partial charge in [-0.05, 0) is 49.3 Å². The minimum atomic E-state index is -0.558. The molecule has 4 atom stereocenters. The van der Waals surface area contributed by atoms with E-state index in [9.17, 15) is 9.90 Å². The SMILES string of the molecule is N[C@H]1C2CCCC3(CC21)C(=O)Nc1nnc(-c2ccccc2O)cc13. The van der Waals surface area contributed by atoms with Gasteiger partial charge in [0.2, 0.25) is 5.91 Å². The van der Waals surface area contributed by atoms with Crippen molar-refractivity contribution < 1.29 is 9.90 Å². The molecule has 0 saturated heterocycles. The van der Waals surface area contributed by atoms with Crippen molar-refractivity contribution in [1.82, 2.24) is 10.2 Å². The van der Waals surface area contributed by atoms with E-state index in [4.69, 9.17) is 5.73 Å². The van der Waals surface area contributed by atoms with Gasteiger partial charge in [0.1, 0.15) is 5.75 Å². The quantitative estimate of drug-likeness (QED) is 0.741. The average Bonchev–Trinajstić information content (AvgIpc) is 3.19. The lowest BCUT2D eigenvalue weighted by Crippen LogP contribution is -2.35. The van der Waals surface area contributed by atoms with Crippen molar-refractivity contribution in [2.24, 2.45) is 17.6 Å². The first-order valence-corrected chi connectivity index (χ1v) is 8.84. The third-order valence-electron chi connectivity index (χ3n) is 6.28. The third kappa shape index (κ3) is 2.03. The second kappa shape index (κ2) is 5.02. The van der Waals surface area contributed by atoms with Crippen LogP contribution in [0.5, 0.6) is 5.75 Å². The molecule has 25 heavy (non-hydrogen) atoms. The molecule has 2 heterocycles. The molecule has 0 bridgehead atoms. The van der Waals surface area contributed by atoms with Crippen LogP contribution in [0.4, 0.5) is 5.82 Å². The standard InChI is InChI=1S/C19H20N4O2/c20-16-10-5-3-7-19(9-12(10)16)13-8-14(11-4-1-2-6-15(11)24)22-23-17(13)21-18(19)25/h1-2,4,6,8,10,12,16,24H,3,5,7,9,20H2,(H,21,23,25)/t10?,12?,16-,19?/m0/s1. The van der Waals surface area contributed by atoms with Crippen LogP contribution in [0.2, 0.25) is 0 Å². The van der Waals surface area contributed by atoms with Crippen LogP contribution in [0.25, 0.3) is 11.3 Å². The third-order valence-corrected chi connectivity index (χ3v) is 6.28. The minimum absolute atomic E-state index is 0.0194. The summed E-state index contributed by atoms with van der Waals surface area (Å²) in [6.07, 6.45) is 3.69. The minimum Gasteiger partial charge on any atom is -0.507 e. The van der Waals surface area contributed by atoms with E-state index in [2.05, 4.69) is 15.5 Å². The molecule has 2 fully saturated rings. The first-order valence-electron chi connectivity index (χ1n) is 8.84. The Bertz CT molecular complexity index is 883. The number of hydrogen-bond donors (Lipinski definition) is 3. The van der Waals surface area contributed by atoms with Crippen LogP contribution in [0, 0.1) is 11.8 Å². The molecular weight excluding hydrogens is 316 g/mol. The molecule has 128 valence electrons. The Balaban J connectivity index is 1.62. The van der Waals surface area contributed by atoms with E-state index < -0.39 is 5.41 Å². The van der Waals surface area contributed by atoms with E-state index >= 15 is 0 Å². The van der Waals surface area contributed by atoms with Crippen LogP contribution >= 0.6 is 0 Å². The number of phenolic OH excluding ortho intramolecular Hbond substituents is 1. The molecular formula is C19H20N4O2. The zero-order valence-electron chi connectivity index (χ0n) is 13.8. The van der Waals surface area contributed by atoms with Crippen LogP contribution in [0.15, 0.2) is 30.3 Å². The molecule has 3 unspecified atom stereocenters. The van der Waals surface area contributed by atoms with Gasteiger partial charge in [0.25, 0.3) is 0 Å². The lowest BCUT2D eigenvalue weighted by atomic mass is 9.74. The first-order chi connectivity index (χ1) is 12.1. The number of para-hydroxylation sites is 1. The number of phenols is 1. The van der Waals surface area contributed by atoms with Gasteiger partial charge in [0, 0.05) is 17.2 Å². The summed E-state index contributed by atoms with van der Waals surface area (Å²) in [5, 5.41) is 21.5. The molecule has 2 saturated carbocycles. The summed E-state index contributed by atoms with van der Waals surface area (Å²) in [4.78, 5) is 12.9. The number of aromatic hydroxyl groups is 1. The number of fused-ring (bicyclic) bond motifs is 3. The molecule has 1 aliphatic heterocycles. The van der Waals surface area contributed by atoms with Gasteiger partial charge in [-0.3, -0.25) is 4.79 Å². The number of carbonyl (C=O) groups excluding carboxylic acids is 1. The molecule has 1 aromatic heterocycles. The second-order valence-corrected chi connectivity index (χ2v) is 7.55. The first kappa shape index (κ1) is 14.8. The van der Waals surface area contributed by atoms with E-state index in [1.807, 2.05) is 18.2 Å². The van der Waals surface area contributed by atoms with Crippen molar-refractivity contribution >= 4 is 11.7 Å². The fraction of sp³-hybridized carbons (Fsp3) is 0.421. The zero-order chi connectivity index (χ0) is 17.2. The van der Waals surface area contributed by atoms with Crippen LogP contribution in [-0.4, -0.2) is 27.3 Å². The van der Waals surface area contributed by atoms with Crippen molar-refractivity contribution in [2.75, 3.05) is 5.32 Å². The number of rotatable bonds is 1. The highest BCUT2D eigenvalue weighted by atomic mass is 16.3. The summed E-state index contributed by atoms with van der Waals surface area (Å²) in [6.45, 7) is 0. The Hall–Kier alpha value is -2.47. The Kier molecular flexibility index (Phi) is 2.98. The summed E-state index contributed by atoms with van der Waals surface area (Å²) in [6, 6.07) is 9.20. The Morgan fingerprint density at radius 1 is 1.24 bits per heavy atom. The number of benzene rings is 1. The molecule has 6 heteroatoms. The van der Waals surface area contributed by atoms with Crippen LogP contribution in [0.1, 0.15) is 31.2 Å². The average molecular weight is 336 g/mol. The van der Waals surface area contributed by atoms with Gasteiger partial charge < -0.3 is 16.2 Å². The second-order valence-electron chi connectivity index (χ2n) is 7.55. The molecule has 1 aromatic carbocycles. The van der Waals surface area contributed by atoms with Gasteiger partial charge >= 0.3 is 0 Å². The zero-order valence-corrected chi connectivity index (χ0v) is 13.8. The van der Waals surface area contributed by atoms with Gasteiger partial charge in [-0.2, -0.15) is 0 Å². The number of aromatic nitrogens is 2. The normalized spacial score (nSPS) is 32.7. The molecule has 2 aromatic rings. The summed E-state index contributed by atoms with van der Waals surface area (Å²) in [5.41, 5.74) is 7.77. The lowest BCUT2D eigenvalue weighted by Gasteiger charge is -2.26. The van der Waals surface area contributed by atoms with Gasteiger partial charge in [-0.25, -0.2) is 0 Å². The van der Waals surface area contributed by atoms with Crippen molar-refractivity contribution in [1.29, 1.82) is 0 Å². The molecule has 3 aliphatic rings. The number of nitrogens with two attached hydrogens (primary N) is 1. The Labute approximate surface area is 145 Å². The van der Waals surface area contributed by atoms with Crippen molar-refractivity contribution in [3.05, 3.63) is 35.9 Å². The molecule has 0 radical (unpaired) electrons. The molecule has 1 spiro atoms. The van der Waals surface area contributed by atoms with Crippen molar-refractivity contribution in [3.63, 3.8) is 0 Å². The van der Waals surface area contributed by atoms with Gasteiger partial charge in [0.05, 0.1) is 11.1 Å². The monoisotopic (exact) mass is 336 g/mol. The summed E-state index contributed by atoms with van der Waals surface area (Å²) in [7, 11) is 0. The predicted molar refractivity (Wildman–Crippen MR) is 92.9 cm³/mol. The predicted octanol–water partition coefficient (Wildman–Crippen LogP) is 2.19. The topological polar surface area (TPSA) is 101 Å². The highest BCUT2D eigenvalue weighted by Crippen LogP contribution is 2.56. The van der Waals surface area contributed by atoms with Crippen LogP contribution in [0.3, 0.4) is 0 Å². The smallest absolute Gasteiger partial charge is 0.236 e. The number of nitrogens with zero attached hydrogens (tertiary/aromatic N) is 2. The Morgan fingerprint density at radius 2 is 2.08 bits per heavy atom. The van der Waals surface area contributed by atoms with Crippen molar-refractivity contribution in [2.45, 2.75) is 37.1 Å². The largest absolute Gasteiger partial charge is 0.507 e. The number of nitrogens with one attached hydrogen (secondary N) is 1. The fourth-order valence-electron chi connectivity index (χ4n) is 4.78. The van der Waals surface area contributed by atoms with Gasteiger partial charge in [0.15, 0.2) is 5.82 Å². The molecule has 6 nitrogen and oxygen atoms in total. The number of carbonyl (C=O) groups is 1. The number of hydrogen-bond acceptors (Lipinski definition) is 5. The van der Waals surface area contributed by atoms with E-state index in [1.54, 1.807) is 12.1 Å². The summed E-state index contributed by atoms with van der Waals surface area (Å²) >= 11 is 0. The van der Waals surface area contributed by atoms with E-state index in [-0.39, 0.29) is 17.7 Å². The molecule has 4 N–H and O–H groups in total. The number of anilines is 1. The molecule has 5 rings (SSSR count). The van der Waals surface area contributed by atoms with Gasteiger partial charge in [-0.15, -0.1) is 10.2 Å². The van der Waals surface area contributed by atoms with E-state index in [0.717, 1.165) is 31.2 Å². The summed E-state index contributed by atoms with van der Waals surface area (Å²) < 4.78 is 0.